The summed E-state index contributed by atoms with van der Waals surface area (Å²) < 4.78 is 5.66. The topological polar surface area (TPSA) is 69.9 Å². The van der Waals surface area contributed by atoms with E-state index in [0.29, 0.717) is 23.6 Å². The van der Waals surface area contributed by atoms with Crippen molar-refractivity contribution in [2.75, 3.05) is 38.5 Å². The molecule has 0 atom stereocenters. The SMILES string of the molecule is CCNC(=NCCCNC(=O)c1occc1C)N1CCSC2(CCCCC2)C1. The third-order valence-corrected chi connectivity index (χ3v) is 7.13. The molecule has 2 aliphatic rings. The van der Waals surface area contributed by atoms with E-state index in [1.165, 1.54) is 37.9 Å². The van der Waals surface area contributed by atoms with Gasteiger partial charge >= 0.3 is 0 Å². The van der Waals surface area contributed by atoms with Crippen LogP contribution in [0, 0.1) is 6.92 Å². The summed E-state index contributed by atoms with van der Waals surface area (Å²) in [6, 6.07) is 1.80. The van der Waals surface area contributed by atoms with Crippen LogP contribution in [0.4, 0.5) is 0 Å². The highest BCUT2D eigenvalue weighted by Gasteiger charge is 2.38. The zero-order valence-corrected chi connectivity index (χ0v) is 18.1. The van der Waals surface area contributed by atoms with E-state index in [4.69, 9.17) is 9.41 Å². The van der Waals surface area contributed by atoms with Crippen molar-refractivity contribution < 1.29 is 9.21 Å². The second-order valence-electron chi connectivity index (χ2n) is 7.79. The maximum absolute atomic E-state index is 12.1. The van der Waals surface area contributed by atoms with Gasteiger partial charge in [-0.2, -0.15) is 11.8 Å². The number of carbonyl (C=O) groups is 1. The van der Waals surface area contributed by atoms with E-state index in [9.17, 15) is 4.79 Å². The summed E-state index contributed by atoms with van der Waals surface area (Å²) in [5.41, 5.74) is 0.865. The monoisotopic (exact) mass is 406 g/mol. The molecule has 156 valence electrons. The van der Waals surface area contributed by atoms with Crippen LogP contribution in [0.1, 0.15) is 61.6 Å². The number of hydrogen-bond donors (Lipinski definition) is 2. The second-order valence-corrected chi connectivity index (χ2v) is 9.35. The fourth-order valence-electron chi connectivity index (χ4n) is 4.10. The number of hydrogen-bond acceptors (Lipinski definition) is 4. The molecule has 1 aliphatic heterocycles. The summed E-state index contributed by atoms with van der Waals surface area (Å²) >= 11 is 2.18. The summed E-state index contributed by atoms with van der Waals surface area (Å²) in [4.78, 5) is 19.4. The Morgan fingerprint density at radius 3 is 2.86 bits per heavy atom. The number of aryl methyl sites for hydroxylation is 1. The van der Waals surface area contributed by atoms with E-state index in [0.717, 1.165) is 37.6 Å². The molecule has 1 aromatic heterocycles. The first kappa shape index (κ1) is 21.1. The van der Waals surface area contributed by atoms with Crippen LogP contribution >= 0.6 is 11.8 Å². The van der Waals surface area contributed by atoms with Gasteiger partial charge in [0.2, 0.25) is 0 Å². The van der Waals surface area contributed by atoms with Gasteiger partial charge in [-0.05, 0) is 39.2 Å². The number of nitrogens with zero attached hydrogens (tertiary/aromatic N) is 2. The molecule has 1 aliphatic carbocycles. The molecule has 2 N–H and O–H groups in total. The molecule has 1 saturated carbocycles. The number of aliphatic imine (C=N–C) groups is 1. The zero-order valence-electron chi connectivity index (χ0n) is 17.3. The van der Waals surface area contributed by atoms with E-state index in [-0.39, 0.29) is 5.91 Å². The fourth-order valence-corrected chi connectivity index (χ4v) is 5.67. The van der Waals surface area contributed by atoms with Crippen LogP contribution in [0.25, 0.3) is 0 Å². The van der Waals surface area contributed by atoms with Crippen LogP contribution in [-0.2, 0) is 0 Å². The molecular formula is C21H34N4O2S. The van der Waals surface area contributed by atoms with E-state index < -0.39 is 0 Å². The van der Waals surface area contributed by atoms with Crippen molar-refractivity contribution in [3.8, 4) is 0 Å². The van der Waals surface area contributed by atoms with Gasteiger partial charge in [0.25, 0.3) is 5.91 Å². The largest absolute Gasteiger partial charge is 0.459 e. The normalized spacial score (nSPS) is 19.6. The lowest BCUT2D eigenvalue weighted by molar-refractivity contribution is 0.0925. The Labute approximate surface area is 172 Å². The predicted octanol–water partition coefficient (Wildman–Crippen LogP) is 3.43. The number of guanidine groups is 1. The summed E-state index contributed by atoms with van der Waals surface area (Å²) in [5, 5.41) is 6.39. The summed E-state index contributed by atoms with van der Waals surface area (Å²) in [6.45, 7) is 8.35. The molecule has 0 radical (unpaired) electrons. The van der Waals surface area contributed by atoms with Gasteiger partial charge in [-0.15, -0.1) is 0 Å². The van der Waals surface area contributed by atoms with E-state index in [1.807, 2.05) is 6.92 Å². The van der Waals surface area contributed by atoms with Gasteiger partial charge < -0.3 is 20.0 Å². The van der Waals surface area contributed by atoms with Crippen molar-refractivity contribution >= 4 is 23.6 Å². The number of furan rings is 1. The average molecular weight is 407 g/mol. The maximum atomic E-state index is 12.1. The molecule has 3 rings (SSSR count). The summed E-state index contributed by atoms with van der Waals surface area (Å²) in [7, 11) is 0. The third-order valence-electron chi connectivity index (χ3n) is 5.60. The number of rotatable bonds is 6. The Morgan fingerprint density at radius 1 is 1.32 bits per heavy atom. The summed E-state index contributed by atoms with van der Waals surface area (Å²) in [5.74, 6) is 2.47. The van der Waals surface area contributed by atoms with Crippen LogP contribution in [0.3, 0.4) is 0 Å². The Bertz CT molecular complexity index is 662. The molecule has 0 aromatic carbocycles. The molecule has 1 saturated heterocycles. The Balaban J connectivity index is 1.48. The van der Waals surface area contributed by atoms with E-state index in [2.05, 4.69) is 34.2 Å². The van der Waals surface area contributed by atoms with Crippen LogP contribution in [-0.4, -0.2) is 60.0 Å². The molecule has 7 heteroatoms. The minimum Gasteiger partial charge on any atom is -0.459 e. The van der Waals surface area contributed by atoms with Crippen molar-refractivity contribution in [2.45, 2.75) is 57.1 Å². The van der Waals surface area contributed by atoms with Gasteiger partial charge in [0.05, 0.1) is 6.26 Å². The van der Waals surface area contributed by atoms with Crippen molar-refractivity contribution in [2.24, 2.45) is 4.99 Å². The highest BCUT2D eigenvalue weighted by atomic mass is 32.2. The van der Waals surface area contributed by atoms with Crippen LogP contribution in [0.15, 0.2) is 21.7 Å². The number of nitrogens with one attached hydrogen (secondary N) is 2. The highest BCUT2D eigenvalue weighted by Crippen LogP contribution is 2.42. The first-order chi connectivity index (χ1) is 13.6. The lowest BCUT2D eigenvalue weighted by Gasteiger charge is -2.45. The van der Waals surface area contributed by atoms with Gasteiger partial charge in [0.15, 0.2) is 11.7 Å². The average Bonchev–Trinajstić information content (AvgIpc) is 3.13. The maximum Gasteiger partial charge on any atom is 0.287 e. The van der Waals surface area contributed by atoms with Crippen molar-refractivity contribution in [3.63, 3.8) is 0 Å². The molecule has 1 spiro atoms. The van der Waals surface area contributed by atoms with Crippen LogP contribution < -0.4 is 10.6 Å². The quantitative estimate of drug-likeness (QED) is 0.430. The predicted molar refractivity (Wildman–Crippen MR) is 116 cm³/mol. The number of thioether (sulfide) groups is 1. The van der Waals surface area contributed by atoms with Crippen LogP contribution in [0.2, 0.25) is 0 Å². The molecule has 6 nitrogen and oxygen atoms in total. The first-order valence-electron chi connectivity index (χ1n) is 10.6. The van der Waals surface area contributed by atoms with E-state index in [1.54, 1.807) is 12.3 Å². The fraction of sp³-hybridized carbons (Fsp3) is 0.714. The van der Waals surface area contributed by atoms with Crippen molar-refractivity contribution in [1.82, 2.24) is 15.5 Å². The molecule has 1 aromatic rings. The van der Waals surface area contributed by atoms with Crippen molar-refractivity contribution in [3.05, 3.63) is 23.7 Å². The minimum atomic E-state index is -0.148. The van der Waals surface area contributed by atoms with Gasteiger partial charge in [-0.1, -0.05) is 19.3 Å². The van der Waals surface area contributed by atoms with Gasteiger partial charge in [0.1, 0.15) is 0 Å². The molecule has 0 unspecified atom stereocenters. The van der Waals surface area contributed by atoms with Crippen molar-refractivity contribution in [1.29, 1.82) is 0 Å². The molecule has 0 bridgehead atoms. The number of carbonyl (C=O) groups excluding carboxylic acids is 1. The van der Waals surface area contributed by atoms with Gasteiger partial charge in [-0.25, -0.2) is 0 Å². The number of amides is 1. The van der Waals surface area contributed by atoms with E-state index >= 15 is 0 Å². The Morgan fingerprint density at radius 2 is 2.14 bits per heavy atom. The lowest BCUT2D eigenvalue weighted by atomic mass is 9.87. The third kappa shape index (κ3) is 5.46. The Kier molecular flexibility index (Phi) is 7.71. The molecule has 28 heavy (non-hydrogen) atoms. The zero-order chi connectivity index (χ0) is 19.8. The molecule has 2 fully saturated rings. The summed E-state index contributed by atoms with van der Waals surface area (Å²) in [6.07, 6.45) is 9.16. The molecule has 1 amide bonds. The van der Waals surface area contributed by atoms with Gasteiger partial charge in [-0.3, -0.25) is 9.79 Å². The smallest absolute Gasteiger partial charge is 0.287 e. The van der Waals surface area contributed by atoms with Crippen LogP contribution in [0.5, 0.6) is 0 Å². The lowest BCUT2D eigenvalue weighted by Crippen LogP contribution is -2.53. The second kappa shape index (κ2) is 10.2. The molecule has 2 heterocycles. The Hall–Kier alpha value is -1.63. The minimum absolute atomic E-state index is 0.148. The standard InChI is InChI=1S/C21H34N4O2S/c1-3-22-20(25-13-15-28-21(16-25)9-5-4-6-10-21)24-12-7-11-23-19(26)18-17(2)8-14-27-18/h8,14H,3-7,9-13,15-16H2,1-2H3,(H,22,24)(H,23,26). The highest BCUT2D eigenvalue weighted by molar-refractivity contribution is 8.00. The molecular weight excluding hydrogens is 372 g/mol. The first-order valence-corrected chi connectivity index (χ1v) is 11.6. The van der Waals surface area contributed by atoms with Gasteiger partial charge in [0, 0.05) is 48.8 Å².